The number of benzene rings is 1. The number of nitrogens with one attached hydrogen (secondary N) is 2. The van der Waals surface area contributed by atoms with Crippen molar-refractivity contribution in [1.82, 2.24) is 20.5 Å². The van der Waals surface area contributed by atoms with Gasteiger partial charge in [-0.05, 0) is 18.6 Å². The minimum atomic E-state index is -4.40. The lowest BCUT2D eigenvalue weighted by Gasteiger charge is -2.35. The molecule has 1 aromatic carbocycles. The van der Waals surface area contributed by atoms with Crippen LogP contribution in [0.15, 0.2) is 30.5 Å². The molecule has 2 heterocycles. The molecule has 1 aromatic heterocycles. The molecule has 1 saturated heterocycles. The molecule has 3 rings (SSSR count). The van der Waals surface area contributed by atoms with E-state index in [1.807, 2.05) is 24.3 Å². The molecule has 0 spiro atoms. The lowest BCUT2D eigenvalue weighted by molar-refractivity contribution is -0.183. The fraction of sp³-hybridized carbons (Fsp3) is 0.444. The predicted molar refractivity (Wildman–Crippen MR) is 93.1 cm³/mol. The second kappa shape index (κ2) is 7.59. The van der Waals surface area contributed by atoms with Gasteiger partial charge < -0.3 is 10.6 Å². The highest BCUT2D eigenvalue weighted by Gasteiger charge is 2.43. The maximum absolute atomic E-state index is 13.4. The van der Waals surface area contributed by atoms with Crippen molar-refractivity contribution in [3.8, 4) is 0 Å². The molecule has 1 aliphatic rings. The third-order valence-electron chi connectivity index (χ3n) is 4.72. The Morgan fingerprint density at radius 2 is 2.00 bits per heavy atom. The zero-order chi connectivity index (χ0) is 18.7. The highest BCUT2D eigenvalue weighted by atomic mass is 19.4. The van der Waals surface area contributed by atoms with Crippen LogP contribution in [-0.2, 0) is 0 Å². The van der Waals surface area contributed by atoms with Crippen molar-refractivity contribution < 1.29 is 18.0 Å². The Morgan fingerprint density at radius 3 is 2.69 bits per heavy atom. The number of piperazine rings is 1. The van der Waals surface area contributed by atoms with E-state index in [-0.39, 0.29) is 0 Å². The number of aromatic nitrogens is 1. The predicted octanol–water partition coefficient (Wildman–Crippen LogP) is 2.11. The first-order valence-electron chi connectivity index (χ1n) is 8.52. The summed E-state index contributed by atoms with van der Waals surface area (Å²) in [6.45, 7) is 2.92. The van der Waals surface area contributed by atoms with Crippen molar-refractivity contribution in [1.29, 1.82) is 0 Å². The number of halogens is 3. The number of amides is 1. The Hall–Kier alpha value is -2.19. The van der Waals surface area contributed by atoms with Crippen LogP contribution in [0.2, 0.25) is 0 Å². The van der Waals surface area contributed by atoms with E-state index in [0.29, 0.717) is 37.3 Å². The number of carbonyl (C=O) groups excluding carboxylic acids is 1. The van der Waals surface area contributed by atoms with Crippen LogP contribution in [0.5, 0.6) is 0 Å². The van der Waals surface area contributed by atoms with Crippen LogP contribution in [0.1, 0.15) is 15.9 Å². The largest absolute Gasteiger partial charge is 0.405 e. The summed E-state index contributed by atoms with van der Waals surface area (Å²) < 4.78 is 40.3. The van der Waals surface area contributed by atoms with E-state index in [1.54, 1.807) is 6.92 Å². The van der Waals surface area contributed by atoms with Gasteiger partial charge in [0.15, 0.2) is 0 Å². The molecule has 0 bridgehead atoms. The monoisotopic (exact) mass is 366 g/mol. The number of rotatable bonds is 4. The maximum Gasteiger partial charge on any atom is 0.405 e. The molecule has 0 radical (unpaired) electrons. The number of pyridine rings is 1. The summed E-state index contributed by atoms with van der Waals surface area (Å²) in [6.07, 6.45) is -2.98. The van der Waals surface area contributed by atoms with Gasteiger partial charge in [-0.3, -0.25) is 14.7 Å². The van der Waals surface area contributed by atoms with Gasteiger partial charge in [-0.2, -0.15) is 13.2 Å². The van der Waals surface area contributed by atoms with E-state index in [4.69, 9.17) is 0 Å². The number of nitrogens with zero attached hydrogens (tertiary/aromatic N) is 2. The lowest BCUT2D eigenvalue weighted by atomic mass is 10.0. The van der Waals surface area contributed by atoms with Gasteiger partial charge in [0.2, 0.25) is 0 Å². The molecular weight excluding hydrogens is 345 g/mol. The molecule has 0 aliphatic carbocycles. The molecular formula is C18H21F3N4O. The van der Waals surface area contributed by atoms with Gasteiger partial charge in [-0.25, -0.2) is 0 Å². The number of hydrogen-bond acceptors (Lipinski definition) is 4. The number of aryl methyl sites for hydroxylation is 1. The molecule has 1 fully saturated rings. The Balaban J connectivity index is 1.75. The summed E-state index contributed by atoms with van der Waals surface area (Å²) in [4.78, 5) is 18.1. The molecule has 0 saturated carbocycles. The maximum atomic E-state index is 13.4. The Labute approximate surface area is 149 Å². The lowest BCUT2D eigenvalue weighted by Crippen LogP contribution is -2.57. The minimum absolute atomic E-state index is 0.296. The third kappa shape index (κ3) is 3.96. The zero-order valence-corrected chi connectivity index (χ0v) is 14.4. The van der Waals surface area contributed by atoms with Gasteiger partial charge in [0.1, 0.15) is 6.04 Å². The highest BCUT2D eigenvalue weighted by Crippen LogP contribution is 2.25. The van der Waals surface area contributed by atoms with Crippen LogP contribution in [0, 0.1) is 6.92 Å². The van der Waals surface area contributed by atoms with Crippen molar-refractivity contribution in [2.24, 2.45) is 0 Å². The fourth-order valence-electron chi connectivity index (χ4n) is 3.24. The summed E-state index contributed by atoms with van der Waals surface area (Å²) in [6, 6.07) is 5.66. The van der Waals surface area contributed by atoms with Crippen molar-refractivity contribution >= 4 is 16.8 Å². The van der Waals surface area contributed by atoms with Crippen molar-refractivity contribution in [3.05, 3.63) is 41.6 Å². The Kier molecular flexibility index (Phi) is 5.43. The van der Waals surface area contributed by atoms with E-state index in [2.05, 4.69) is 15.6 Å². The first-order valence-corrected chi connectivity index (χ1v) is 8.52. The van der Waals surface area contributed by atoms with E-state index in [1.165, 1.54) is 11.1 Å². The Bertz CT molecular complexity index is 788. The molecule has 140 valence electrons. The van der Waals surface area contributed by atoms with Crippen LogP contribution < -0.4 is 10.6 Å². The van der Waals surface area contributed by atoms with Gasteiger partial charge in [0, 0.05) is 44.3 Å². The van der Waals surface area contributed by atoms with E-state index in [9.17, 15) is 18.0 Å². The number of fused-ring (bicyclic) bond motifs is 1. The molecule has 26 heavy (non-hydrogen) atoms. The first kappa shape index (κ1) is 18.6. The molecule has 2 N–H and O–H groups in total. The van der Waals surface area contributed by atoms with Crippen LogP contribution in [0.25, 0.3) is 10.9 Å². The molecule has 5 nitrogen and oxygen atoms in total. The average Bonchev–Trinajstić information content (AvgIpc) is 2.62. The smallest absolute Gasteiger partial charge is 0.350 e. The Morgan fingerprint density at radius 1 is 1.31 bits per heavy atom. The molecule has 2 aromatic rings. The van der Waals surface area contributed by atoms with Gasteiger partial charge in [-0.15, -0.1) is 0 Å². The SMILES string of the molecule is Cc1c(C(=O)NCC(N2CCNCC2)C(F)(F)F)cnc2ccccc12. The molecule has 1 amide bonds. The third-order valence-corrected chi connectivity index (χ3v) is 4.72. The minimum Gasteiger partial charge on any atom is -0.350 e. The van der Waals surface area contributed by atoms with Crippen molar-refractivity contribution in [2.45, 2.75) is 19.1 Å². The van der Waals surface area contributed by atoms with E-state index < -0.39 is 24.7 Å². The van der Waals surface area contributed by atoms with Crippen molar-refractivity contribution in [3.63, 3.8) is 0 Å². The fourth-order valence-corrected chi connectivity index (χ4v) is 3.24. The summed E-state index contributed by atoms with van der Waals surface area (Å²) in [5.41, 5.74) is 1.75. The van der Waals surface area contributed by atoms with Crippen LogP contribution in [0.3, 0.4) is 0 Å². The van der Waals surface area contributed by atoms with Gasteiger partial charge in [0.25, 0.3) is 5.91 Å². The second-order valence-electron chi connectivity index (χ2n) is 6.37. The molecule has 1 unspecified atom stereocenters. The summed E-state index contributed by atoms with van der Waals surface area (Å²) >= 11 is 0. The van der Waals surface area contributed by atoms with Crippen LogP contribution in [0.4, 0.5) is 13.2 Å². The zero-order valence-electron chi connectivity index (χ0n) is 14.4. The van der Waals surface area contributed by atoms with Gasteiger partial charge in [-0.1, -0.05) is 18.2 Å². The standard InChI is InChI=1S/C18H21F3N4O/c1-12-13-4-2-3-5-15(13)23-10-14(12)17(26)24-11-16(18(19,20)21)25-8-6-22-7-9-25/h2-5,10,16,22H,6-9,11H2,1H3,(H,24,26). The average molecular weight is 366 g/mol. The summed E-state index contributed by atoms with van der Waals surface area (Å²) in [5.74, 6) is -0.537. The van der Waals surface area contributed by atoms with E-state index >= 15 is 0 Å². The van der Waals surface area contributed by atoms with Gasteiger partial charge >= 0.3 is 6.18 Å². The number of para-hydroxylation sites is 1. The quantitative estimate of drug-likeness (QED) is 0.870. The van der Waals surface area contributed by atoms with Crippen LogP contribution >= 0.6 is 0 Å². The van der Waals surface area contributed by atoms with E-state index in [0.717, 1.165) is 10.9 Å². The number of alkyl halides is 3. The second-order valence-corrected chi connectivity index (χ2v) is 6.37. The topological polar surface area (TPSA) is 57.3 Å². The van der Waals surface area contributed by atoms with Crippen molar-refractivity contribution in [2.75, 3.05) is 32.7 Å². The molecule has 1 aliphatic heterocycles. The summed E-state index contributed by atoms with van der Waals surface area (Å²) in [7, 11) is 0. The number of hydrogen-bond donors (Lipinski definition) is 2. The summed E-state index contributed by atoms with van der Waals surface area (Å²) in [5, 5.41) is 6.29. The van der Waals surface area contributed by atoms with Gasteiger partial charge in [0.05, 0.1) is 11.1 Å². The molecule has 8 heteroatoms. The first-order chi connectivity index (χ1) is 12.4. The molecule has 1 atom stereocenters. The normalized spacial score (nSPS) is 17.2. The van der Waals surface area contributed by atoms with Crippen LogP contribution in [-0.4, -0.2) is 60.7 Å². The number of carbonyl (C=O) groups is 1. The highest BCUT2D eigenvalue weighted by molar-refractivity contribution is 5.99.